The monoisotopic (exact) mass is 208 g/mol. The van der Waals surface area contributed by atoms with E-state index in [0.29, 0.717) is 12.8 Å². The van der Waals surface area contributed by atoms with Gasteiger partial charge in [0.15, 0.2) is 0 Å². The molecule has 1 fully saturated rings. The Morgan fingerprint density at radius 3 is 3.00 bits per heavy atom. The topological polar surface area (TPSA) is 58.2 Å². The van der Waals surface area contributed by atoms with Gasteiger partial charge in [0.05, 0.1) is 6.04 Å². The molecule has 0 aliphatic carbocycles. The first-order valence-corrected chi connectivity index (χ1v) is 5.23. The maximum atomic E-state index is 11.6. The summed E-state index contributed by atoms with van der Waals surface area (Å²) < 4.78 is 0. The maximum Gasteiger partial charge on any atom is 0.243 e. The number of nitrogens with one attached hydrogen (secondary N) is 2. The molecule has 4 heteroatoms. The van der Waals surface area contributed by atoms with E-state index in [1.54, 1.807) is 0 Å². The fraction of sp³-hybridized carbons (Fsp3) is 0.636. The normalized spacial score (nSPS) is 21.6. The minimum Gasteiger partial charge on any atom is -0.344 e. The standard InChI is InChI=1S/C11H16N2O2/c1-3-5-8(4-2)12-11(15)9-6-7-10(14)13-9/h2,8-9H,3,5-7H2,1H3,(H,12,15)(H,13,14)/t8?,9-/m1/s1. The number of carbonyl (C=O) groups is 2. The van der Waals surface area contributed by atoms with E-state index in [2.05, 4.69) is 16.6 Å². The molecule has 0 aromatic carbocycles. The van der Waals surface area contributed by atoms with Crippen molar-refractivity contribution in [2.45, 2.75) is 44.7 Å². The van der Waals surface area contributed by atoms with Gasteiger partial charge in [0.1, 0.15) is 6.04 Å². The van der Waals surface area contributed by atoms with Gasteiger partial charge in [-0.3, -0.25) is 9.59 Å². The summed E-state index contributed by atoms with van der Waals surface area (Å²) >= 11 is 0. The van der Waals surface area contributed by atoms with Crippen molar-refractivity contribution in [2.24, 2.45) is 0 Å². The summed E-state index contributed by atoms with van der Waals surface area (Å²) in [7, 11) is 0. The van der Waals surface area contributed by atoms with Crippen LogP contribution in [-0.4, -0.2) is 23.9 Å². The molecule has 4 nitrogen and oxygen atoms in total. The number of hydrogen-bond acceptors (Lipinski definition) is 2. The van der Waals surface area contributed by atoms with Crippen molar-refractivity contribution < 1.29 is 9.59 Å². The highest BCUT2D eigenvalue weighted by Crippen LogP contribution is 2.07. The Balaban J connectivity index is 2.41. The number of carbonyl (C=O) groups excluding carboxylic acids is 2. The van der Waals surface area contributed by atoms with E-state index >= 15 is 0 Å². The summed E-state index contributed by atoms with van der Waals surface area (Å²) in [6.45, 7) is 2.01. The second-order valence-corrected chi connectivity index (χ2v) is 3.68. The lowest BCUT2D eigenvalue weighted by molar-refractivity contribution is -0.126. The Labute approximate surface area is 89.8 Å². The average Bonchev–Trinajstić information content (AvgIpc) is 2.64. The van der Waals surface area contributed by atoms with Crippen LogP contribution in [0.4, 0.5) is 0 Å². The summed E-state index contributed by atoms with van der Waals surface area (Å²) in [5, 5.41) is 5.35. The van der Waals surface area contributed by atoms with Crippen LogP contribution in [0, 0.1) is 12.3 Å². The Morgan fingerprint density at radius 2 is 2.53 bits per heavy atom. The largest absolute Gasteiger partial charge is 0.344 e. The lowest BCUT2D eigenvalue weighted by Crippen LogP contribution is -2.45. The number of rotatable bonds is 4. The molecule has 2 atom stereocenters. The zero-order valence-electron chi connectivity index (χ0n) is 8.88. The molecular formula is C11H16N2O2. The van der Waals surface area contributed by atoms with E-state index in [1.807, 2.05) is 6.92 Å². The Morgan fingerprint density at radius 1 is 1.80 bits per heavy atom. The quantitative estimate of drug-likeness (QED) is 0.648. The van der Waals surface area contributed by atoms with Crippen molar-refractivity contribution in [1.29, 1.82) is 0 Å². The molecular weight excluding hydrogens is 192 g/mol. The van der Waals surface area contributed by atoms with E-state index in [-0.39, 0.29) is 17.9 Å². The van der Waals surface area contributed by atoms with Crippen LogP contribution in [0.25, 0.3) is 0 Å². The Bertz CT molecular complexity index is 293. The van der Waals surface area contributed by atoms with Crippen LogP contribution in [0.2, 0.25) is 0 Å². The predicted octanol–water partition coefficient (Wildman–Crippen LogP) is 0.183. The number of amides is 2. The number of terminal acetylenes is 1. The predicted molar refractivity (Wildman–Crippen MR) is 56.8 cm³/mol. The van der Waals surface area contributed by atoms with E-state index < -0.39 is 6.04 Å². The third-order valence-corrected chi connectivity index (χ3v) is 2.41. The highest BCUT2D eigenvalue weighted by atomic mass is 16.2. The first kappa shape index (κ1) is 11.6. The van der Waals surface area contributed by atoms with Crippen LogP contribution in [0.5, 0.6) is 0 Å². The van der Waals surface area contributed by atoms with Gasteiger partial charge in [0.2, 0.25) is 11.8 Å². The molecule has 15 heavy (non-hydrogen) atoms. The van der Waals surface area contributed by atoms with E-state index in [1.165, 1.54) is 0 Å². The molecule has 1 aliphatic heterocycles. The first-order chi connectivity index (χ1) is 7.17. The highest BCUT2D eigenvalue weighted by molar-refractivity contribution is 5.91. The van der Waals surface area contributed by atoms with Crippen LogP contribution in [0.15, 0.2) is 0 Å². The van der Waals surface area contributed by atoms with E-state index in [4.69, 9.17) is 6.42 Å². The van der Waals surface area contributed by atoms with Crippen molar-refractivity contribution in [3.63, 3.8) is 0 Å². The van der Waals surface area contributed by atoms with Gasteiger partial charge in [-0.15, -0.1) is 6.42 Å². The lowest BCUT2D eigenvalue weighted by Gasteiger charge is -2.15. The maximum absolute atomic E-state index is 11.6. The molecule has 0 aromatic rings. The third kappa shape index (κ3) is 3.28. The van der Waals surface area contributed by atoms with Gasteiger partial charge in [-0.1, -0.05) is 19.3 Å². The third-order valence-electron chi connectivity index (χ3n) is 2.41. The molecule has 82 valence electrons. The summed E-state index contributed by atoms with van der Waals surface area (Å²) in [4.78, 5) is 22.5. The molecule has 0 bridgehead atoms. The molecule has 1 saturated heterocycles. The van der Waals surface area contributed by atoms with Gasteiger partial charge < -0.3 is 10.6 Å². The molecule has 1 aliphatic rings. The zero-order valence-corrected chi connectivity index (χ0v) is 8.88. The minimum atomic E-state index is -0.398. The second kappa shape index (κ2) is 5.40. The van der Waals surface area contributed by atoms with Gasteiger partial charge in [-0.2, -0.15) is 0 Å². The Kier molecular flexibility index (Phi) is 4.17. The van der Waals surface area contributed by atoms with Gasteiger partial charge >= 0.3 is 0 Å². The summed E-state index contributed by atoms with van der Waals surface area (Å²) in [5.41, 5.74) is 0. The lowest BCUT2D eigenvalue weighted by atomic mass is 10.1. The molecule has 2 N–H and O–H groups in total. The zero-order chi connectivity index (χ0) is 11.3. The van der Waals surface area contributed by atoms with Crippen LogP contribution in [0.3, 0.4) is 0 Å². The van der Waals surface area contributed by atoms with Crippen LogP contribution < -0.4 is 10.6 Å². The summed E-state index contributed by atoms with van der Waals surface area (Å²) in [6.07, 6.45) is 7.96. The van der Waals surface area contributed by atoms with Gasteiger partial charge in [0, 0.05) is 6.42 Å². The van der Waals surface area contributed by atoms with Crippen LogP contribution in [-0.2, 0) is 9.59 Å². The van der Waals surface area contributed by atoms with Crippen molar-refractivity contribution in [3.05, 3.63) is 0 Å². The molecule has 1 heterocycles. The smallest absolute Gasteiger partial charge is 0.243 e. The van der Waals surface area contributed by atoms with Crippen LogP contribution in [0.1, 0.15) is 32.6 Å². The fourth-order valence-corrected chi connectivity index (χ4v) is 1.57. The van der Waals surface area contributed by atoms with Crippen molar-refractivity contribution in [3.8, 4) is 12.3 Å². The molecule has 2 amide bonds. The SMILES string of the molecule is C#CC(CCC)NC(=O)[C@H]1CCC(=O)N1. The fourth-order valence-electron chi connectivity index (χ4n) is 1.57. The average molecular weight is 208 g/mol. The molecule has 0 saturated carbocycles. The molecule has 0 spiro atoms. The molecule has 0 radical (unpaired) electrons. The van der Waals surface area contributed by atoms with Gasteiger partial charge in [-0.05, 0) is 12.8 Å². The summed E-state index contributed by atoms with van der Waals surface area (Å²) in [6, 6.07) is -0.620. The first-order valence-electron chi connectivity index (χ1n) is 5.23. The molecule has 0 aromatic heterocycles. The summed E-state index contributed by atoms with van der Waals surface area (Å²) in [5.74, 6) is 2.29. The van der Waals surface area contributed by atoms with E-state index in [9.17, 15) is 9.59 Å². The Hall–Kier alpha value is -1.50. The number of hydrogen-bond donors (Lipinski definition) is 2. The van der Waals surface area contributed by atoms with Crippen molar-refractivity contribution in [2.75, 3.05) is 0 Å². The molecule has 1 rings (SSSR count). The van der Waals surface area contributed by atoms with Crippen molar-refractivity contribution >= 4 is 11.8 Å². The molecule has 1 unspecified atom stereocenters. The van der Waals surface area contributed by atoms with Gasteiger partial charge in [0.25, 0.3) is 0 Å². The van der Waals surface area contributed by atoms with E-state index in [0.717, 1.165) is 12.8 Å². The highest BCUT2D eigenvalue weighted by Gasteiger charge is 2.27. The second-order valence-electron chi connectivity index (χ2n) is 3.68. The van der Waals surface area contributed by atoms with Crippen molar-refractivity contribution in [1.82, 2.24) is 10.6 Å². The van der Waals surface area contributed by atoms with Gasteiger partial charge in [-0.25, -0.2) is 0 Å². The van der Waals surface area contributed by atoms with Crippen LogP contribution >= 0.6 is 0 Å². The minimum absolute atomic E-state index is 0.0668.